The minimum Gasteiger partial charge on any atom is -0.314 e. The lowest BCUT2D eigenvalue weighted by Gasteiger charge is -2.30. The Balaban J connectivity index is 1.19. The SMILES string of the molecule is C1=CCCC(N(c2ccccc2)c2cccc3c2ccc2ccc(N(c4ccc(-c5ccccc5)cc4)c4ccc(-c5ccccc5)cc4)cc23)=C1. The molecule has 2 heteroatoms. The van der Waals surface area contributed by atoms with Gasteiger partial charge < -0.3 is 9.80 Å². The van der Waals surface area contributed by atoms with E-state index in [1.807, 2.05) is 0 Å². The second-order valence-corrected chi connectivity index (χ2v) is 13.3. The predicted molar refractivity (Wildman–Crippen MR) is 222 cm³/mol. The molecule has 0 aromatic heterocycles. The van der Waals surface area contributed by atoms with Gasteiger partial charge in [-0.25, -0.2) is 0 Å². The van der Waals surface area contributed by atoms with Crippen molar-refractivity contribution in [1.82, 2.24) is 0 Å². The Bertz CT molecular complexity index is 2450. The number of anilines is 5. The minimum atomic E-state index is 1.00. The van der Waals surface area contributed by atoms with Gasteiger partial charge in [0.05, 0.1) is 5.69 Å². The summed E-state index contributed by atoms with van der Waals surface area (Å²) in [5.74, 6) is 0. The topological polar surface area (TPSA) is 6.48 Å². The quantitative estimate of drug-likeness (QED) is 0.149. The van der Waals surface area contributed by atoms with Crippen LogP contribution in [0.1, 0.15) is 12.8 Å². The summed E-state index contributed by atoms with van der Waals surface area (Å²) in [6.45, 7) is 0. The summed E-state index contributed by atoms with van der Waals surface area (Å²) in [6, 6.07) is 68.0. The lowest BCUT2D eigenvalue weighted by molar-refractivity contribution is 0.919. The fourth-order valence-electron chi connectivity index (χ4n) is 7.52. The monoisotopic (exact) mass is 666 g/mol. The van der Waals surface area contributed by atoms with Crippen LogP contribution >= 0.6 is 0 Å². The van der Waals surface area contributed by atoms with Gasteiger partial charge in [0, 0.05) is 33.8 Å². The molecule has 1 aliphatic carbocycles. The van der Waals surface area contributed by atoms with Crippen molar-refractivity contribution in [3.63, 3.8) is 0 Å². The predicted octanol–water partition coefficient (Wildman–Crippen LogP) is 14.2. The summed E-state index contributed by atoms with van der Waals surface area (Å²) >= 11 is 0. The van der Waals surface area contributed by atoms with Gasteiger partial charge in [-0.2, -0.15) is 0 Å². The van der Waals surface area contributed by atoms with Crippen molar-refractivity contribution in [2.75, 3.05) is 9.80 Å². The van der Waals surface area contributed by atoms with E-state index >= 15 is 0 Å². The molecule has 0 N–H and O–H groups in total. The third-order valence-corrected chi connectivity index (χ3v) is 10.1. The highest BCUT2D eigenvalue weighted by molar-refractivity contribution is 6.13. The molecule has 0 bridgehead atoms. The molecule has 9 rings (SSSR count). The van der Waals surface area contributed by atoms with Gasteiger partial charge >= 0.3 is 0 Å². The van der Waals surface area contributed by atoms with Crippen molar-refractivity contribution < 1.29 is 0 Å². The van der Waals surface area contributed by atoms with Crippen molar-refractivity contribution in [2.24, 2.45) is 0 Å². The van der Waals surface area contributed by atoms with Gasteiger partial charge in [-0.1, -0.05) is 146 Å². The van der Waals surface area contributed by atoms with Crippen LogP contribution in [0.4, 0.5) is 28.4 Å². The van der Waals surface area contributed by atoms with Crippen molar-refractivity contribution in [1.29, 1.82) is 0 Å². The number of rotatable bonds is 8. The standard InChI is InChI=1S/C50H38N2/c1-5-14-37(15-6-1)39-24-30-44(31-25-39)51(45-32-26-40(27-33-45)38-16-7-2-8-17-38)46-34-28-41-29-35-48-47(49(41)36-46)22-13-23-50(48)52(42-18-9-3-10-19-42)43-20-11-4-12-21-43/h1-11,13-20,22-36H,12,21H2. The molecule has 1 aliphatic rings. The number of para-hydroxylation sites is 1. The molecule has 8 aromatic rings. The molecule has 52 heavy (non-hydrogen) atoms. The fourth-order valence-corrected chi connectivity index (χ4v) is 7.52. The van der Waals surface area contributed by atoms with Crippen LogP contribution in [0, 0.1) is 0 Å². The van der Waals surface area contributed by atoms with Gasteiger partial charge in [0.2, 0.25) is 0 Å². The van der Waals surface area contributed by atoms with Crippen LogP contribution in [-0.4, -0.2) is 0 Å². The Hall–Kier alpha value is -6.64. The highest BCUT2D eigenvalue weighted by atomic mass is 15.2. The van der Waals surface area contributed by atoms with E-state index in [0.29, 0.717) is 0 Å². The van der Waals surface area contributed by atoms with E-state index < -0.39 is 0 Å². The van der Waals surface area contributed by atoms with E-state index in [2.05, 4.69) is 216 Å². The maximum atomic E-state index is 2.44. The number of fused-ring (bicyclic) bond motifs is 3. The molecule has 8 aromatic carbocycles. The van der Waals surface area contributed by atoms with Crippen molar-refractivity contribution in [3.8, 4) is 22.3 Å². The highest BCUT2D eigenvalue weighted by Crippen LogP contribution is 2.42. The zero-order valence-electron chi connectivity index (χ0n) is 28.9. The minimum absolute atomic E-state index is 1.00. The molecule has 0 unspecified atom stereocenters. The zero-order chi connectivity index (χ0) is 34.7. The maximum absolute atomic E-state index is 2.44. The smallest absolute Gasteiger partial charge is 0.0537 e. The lowest BCUT2D eigenvalue weighted by atomic mass is 9.98. The van der Waals surface area contributed by atoms with Crippen LogP contribution in [-0.2, 0) is 0 Å². The Morgan fingerprint density at radius 2 is 0.904 bits per heavy atom. The van der Waals surface area contributed by atoms with E-state index in [0.717, 1.165) is 29.9 Å². The van der Waals surface area contributed by atoms with Crippen LogP contribution in [0.25, 0.3) is 43.8 Å². The summed E-state index contributed by atoms with van der Waals surface area (Å²) in [5, 5.41) is 4.92. The van der Waals surface area contributed by atoms with Crippen molar-refractivity contribution in [2.45, 2.75) is 12.8 Å². The molecular formula is C50H38N2. The van der Waals surface area contributed by atoms with E-state index in [1.165, 1.54) is 60.9 Å². The van der Waals surface area contributed by atoms with E-state index in [1.54, 1.807) is 0 Å². The second-order valence-electron chi connectivity index (χ2n) is 13.3. The summed E-state index contributed by atoms with van der Waals surface area (Å²) in [7, 11) is 0. The molecule has 0 heterocycles. The Morgan fingerprint density at radius 3 is 1.50 bits per heavy atom. The number of hydrogen-bond donors (Lipinski definition) is 0. The molecule has 0 fully saturated rings. The molecule has 0 spiro atoms. The van der Waals surface area contributed by atoms with Crippen LogP contribution in [0.15, 0.2) is 212 Å². The lowest BCUT2D eigenvalue weighted by Crippen LogP contribution is -2.17. The molecule has 0 saturated carbocycles. The van der Waals surface area contributed by atoms with E-state index in [9.17, 15) is 0 Å². The summed E-state index contributed by atoms with van der Waals surface area (Å²) in [5.41, 5.74) is 11.8. The third kappa shape index (κ3) is 6.05. The molecule has 0 saturated heterocycles. The van der Waals surface area contributed by atoms with Gasteiger partial charge in [-0.05, 0) is 112 Å². The molecule has 2 nitrogen and oxygen atoms in total. The first-order valence-electron chi connectivity index (χ1n) is 18.1. The fraction of sp³-hybridized carbons (Fsp3) is 0.0400. The van der Waals surface area contributed by atoms with Crippen molar-refractivity contribution in [3.05, 3.63) is 212 Å². The zero-order valence-corrected chi connectivity index (χ0v) is 28.9. The molecule has 0 atom stereocenters. The molecule has 0 amide bonds. The average molecular weight is 667 g/mol. The van der Waals surface area contributed by atoms with Gasteiger partial charge in [-0.15, -0.1) is 0 Å². The summed E-state index contributed by atoms with van der Waals surface area (Å²) < 4.78 is 0. The number of benzene rings is 8. The molecule has 0 radical (unpaired) electrons. The highest BCUT2D eigenvalue weighted by Gasteiger charge is 2.19. The number of hydrogen-bond acceptors (Lipinski definition) is 2. The Kier molecular flexibility index (Phi) is 8.40. The van der Waals surface area contributed by atoms with E-state index in [-0.39, 0.29) is 0 Å². The van der Waals surface area contributed by atoms with E-state index in [4.69, 9.17) is 0 Å². The maximum Gasteiger partial charge on any atom is 0.0537 e. The number of allylic oxidation sites excluding steroid dienone is 4. The Labute approximate surface area is 305 Å². The average Bonchev–Trinajstić information content (AvgIpc) is 3.23. The molecular weight excluding hydrogens is 629 g/mol. The normalized spacial score (nSPS) is 12.5. The van der Waals surface area contributed by atoms with Crippen LogP contribution in [0.3, 0.4) is 0 Å². The van der Waals surface area contributed by atoms with Gasteiger partial charge in [0.25, 0.3) is 0 Å². The first kappa shape index (κ1) is 31.3. The second kappa shape index (κ2) is 13.9. The first-order chi connectivity index (χ1) is 25.8. The largest absolute Gasteiger partial charge is 0.314 e. The van der Waals surface area contributed by atoms with Gasteiger partial charge in [0.15, 0.2) is 0 Å². The summed E-state index contributed by atoms with van der Waals surface area (Å²) in [6.07, 6.45) is 8.75. The van der Waals surface area contributed by atoms with Crippen LogP contribution in [0.5, 0.6) is 0 Å². The van der Waals surface area contributed by atoms with Crippen LogP contribution < -0.4 is 9.80 Å². The first-order valence-corrected chi connectivity index (χ1v) is 18.1. The number of nitrogens with zero attached hydrogens (tertiary/aromatic N) is 2. The van der Waals surface area contributed by atoms with Crippen LogP contribution in [0.2, 0.25) is 0 Å². The molecule has 248 valence electrons. The van der Waals surface area contributed by atoms with Gasteiger partial charge in [-0.3, -0.25) is 0 Å². The Morgan fingerprint density at radius 1 is 0.365 bits per heavy atom. The van der Waals surface area contributed by atoms with Gasteiger partial charge in [0.1, 0.15) is 0 Å². The van der Waals surface area contributed by atoms with Crippen molar-refractivity contribution >= 4 is 50.0 Å². The molecule has 0 aliphatic heterocycles. The summed E-state index contributed by atoms with van der Waals surface area (Å²) in [4.78, 5) is 4.82. The third-order valence-electron chi connectivity index (χ3n) is 10.1.